The van der Waals surface area contributed by atoms with Gasteiger partial charge in [0, 0.05) is 0 Å². The fraction of sp³-hybridized carbons (Fsp3) is 0.462. The van der Waals surface area contributed by atoms with Crippen LogP contribution in [0.4, 0.5) is 0 Å². The summed E-state index contributed by atoms with van der Waals surface area (Å²) >= 11 is 0. The Kier molecular flexibility index (Phi) is 2.07. The first kappa shape index (κ1) is 9.27. The number of hydrogen-bond donors (Lipinski definition) is 0. The lowest BCUT2D eigenvalue weighted by atomic mass is 9.59. The molecule has 0 unspecified atom stereocenters. The van der Waals surface area contributed by atoms with E-state index in [1.54, 1.807) is 0 Å². The molecule has 2 rings (SSSR count). The molecule has 1 fully saturated rings. The zero-order valence-electron chi connectivity index (χ0n) is 8.75. The number of rotatable bonds is 1. The van der Waals surface area contributed by atoms with Crippen molar-refractivity contribution in [2.24, 2.45) is 5.92 Å². The van der Waals surface area contributed by atoms with Gasteiger partial charge < -0.3 is 0 Å². The summed E-state index contributed by atoms with van der Waals surface area (Å²) in [6, 6.07) is 10.8. The van der Waals surface area contributed by atoms with Crippen LogP contribution in [0.3, 0.4) is 0 Å². The van der Waals surface area contributed by atoms with Crippen LogP contribution in [-0.2, 0) is 5.41 Å². The van der Waals surface area contributed by atoms with Gasteiger partial charge in [0.25, 0.3) is 0 Å². The summed E-state index contributed by atoms with van der Waals surface area (Å²) in [5.74, 6) is 0.703. The van der Waals surface area contributed by atoms with Crippen LogP contribution in [0.25, 0.3) is 0 Å². The van der Waals surface area contributed by atoms with Crippen LogP contribution in [0.15, 0.2) is 24.3 Å². The monoisotopic (exact) mass is 185 g/mol. The molecule has 1 saturated carbocycles. The van der Waals surface area contributed by atoms with Crippen LogP contribution in [0.2, 0.25) is 0 Å². The SMILES string of the molecule is Cc1ccccc1C1(C#N)CC(C)C1. The predicted molar refractivity (Wildman–Crippen MR) is 56.9 cm³/mol. The minimum absolute atomic E-state index is 0.176. The summed E-state index contributed by atoms with van der Waals surface area (Å²) in [7, 11) is 0. The van der Waals surface area contributed by atoms with E-state index in [1.165, 1.54) is 11.1 Å². The zero-order valence-corrected chi connectivity index (χ0v) is 8.75. The average Bonchev–Trinajstić information content (AvgIpc) is 2.14. The van der Waals surface area contributed by atoms with Gasteiger partial charge in [0.2, 0.25) is 0 Å². The van der Waals surface area contributed by atoms with Gasteiger partial charge in [-0.3, -0.25) is 0 Å². The minimum atomic E-state index is -0.176. The van der Waals surface area contributed by atoms with E-state index < -0.39 is 0 Å². The summed E-state index contributed by atoms with van der Waals surface area (Å²) in [5.41, 5.74) is 2.31. The Morgan fingerprint density at radius 3 is 2.50 bits per heavy atom. The molecule has 0 heterocycles. The van der Waals surface area contributed by atoms with E-state index in [4.69, 9.17) is 0 Å². The molecule has 1 heteroatoms. The molecule has 14 heavy (non-hydrogen) atoms. The van der Waals surface area contributed by atoms with Crippen LogP contribution >= 0.6 is 0 Å². The fourth-order valence-electron chi connectivity index (χ4n) is 2.61. The lowest BCUT2D eigenvalue weighted by molar-refractivity contribution is 0.216. The smallest absolute Gasteiger partial charge is 0.0830 e. The van der Waals surface area contributed by atoms with Gasteiger partial charge in [-0.2, -0.15) is 5.26 Å². The van der Waals surface area contributed by atoms with E-state index >= 15 is 0 Å². The summed E-state index contributed by atoms with van der Waals surface area (Å²) in [6.07, 6.45) is 2.04. The van der Waals surface area contributed by atoms with E-state index in [9.17, 15) is 5.26 Å². The van der Waals surface area contributed by atoms with Gasteiger partial charge in [0.1, 0.15) is 0 Å². The molecule has 0 aromatic heterocycles. The Morgan fingerprint density at radius 2 is 2.00 bits per heavy atom. The van der Waals surface area contributed by atoms with Gasteiger partial charge in [0.15, 0.2) is 0 Å². The molecule has 72 valence electrons. The Labute approximate surface area is 85.4 Å². The lowest BCUT2D eigenvalue weighted by Crippen LogP contribution is -2.39. The van der Waals surface area contributed by atoms with Crippen molar-refractivity contribution >= 4 is 0 Å². The number of nitriles is 1. The molecule has 0 radical (unpaired) electrons. The predicted octanol–water partition coefficient (Wildman–Crippen LogP) is 3.19. The summed E-state index contributed by atoms with van der Waals surface area (Å²) in [4.78, 5) is 0. The van der Waals surface area contributed by atoms with Crippen molar-refractivity contribution < 1.29 is 0 Å². The molecule has 1 aliphatic rings. The molecule has 0 bridgehead atoms. The molecule has 0 N–H and O–H groups in total. The molecule has 1 nitrogen and oxygen atoms in total. The first-order valence-electron chi connectivity index (χ1n) is 5.15. The second-order valence-electron chi connectivity index (χ2n) is 4.52. The largest absolute Gasteiger partial charge is 0.197 e. The van der Waals surface area contributed by atoms with Crippen molar-refractivity contribution in [2.75, 3.05) is 0 Å². The lowest BCUT2D eigenvalue weighted by Gasteiger charge is -2.42. The second kappa shape index (κ2) is 3.13. The summed E-state index contributed by atoms with van der Waals surface area (Å²) in [6.45, 7) is 4.31. The van der Waals surface area contributed by atoms with Crippen molar-refractivity contribution in [1.82, 2.24) is 0 Å². The molecular weight excluding hydrogens is 170 g/mol. The maximum Gasteiger partial charge on any atom is 0.0830 e. The summed E-state index contributed by atoms with van der Waals surface area (Å²) in [5, 5.41) is 9.28. The highest BCUT2D eigenvalue weighted by atomic mass is 14.5. The van der Waals surface area contributed by atoms with E-state index in [0.717, 1.165) is 12.8 Å². The Balaban J connectivity index is 2.40. The quantitative estimate of drug-likeness (QED) is 0.659. The van der Waals surface area contributed by atoms with Crippen molar-refractivity contribution in [3.05, 3.63) is 35.4 Å². The third-order valence-corrected chi connectivity index (χ3v) is 3.27. The van der Waals surface area contributed by atoms with E-state index in [2.05, 4.69) is 32.0 Å². The topological polar surface area (TPSA) is 23.8 Å². The Bertz CT molecular complexity index is 380. The number of aryl methyl sites for hydroxylation is 1. The maximum absolute atomic E-state index is 9.28. The molecule has 0 saturated heterocycles. The molecule has 1 aromatic carbocycles. The second-order valence-corrected chi connectivity index (χ2v) is 4.52. The van der Waals surface area contributed by atoms with Crippen LogP contribution in [0.1, 0.15) is 30.9 Å². The molecule has 0 amide bonds. The van der Waals surface area contributed by atoms with Gasteiger partial charge in [-0.05, 0) is 36.8 Å². The van der Waals surface area contributed by atoms with Gasteiger partial charge in [-0.25, -0.2) is 0 Å². The van der Waals surface area contributed by atoms with Gasteiger partial charge in [0.05, 0.1) is 11.5 Å². The molecule has 1 aromatic rings. The van der Waals surface area contributed by atoms with E-state index in [0.29, 0.717) is 5.92 Å². The van der Waals surface area contributed by atoms with Gasteiger partial charge >= 0.3 is 0 Å². The zero-order chi connectivity index (χ0) is 10.2. The van der Waals surface area contributed by atoms with E-state index in [1.807, 2.05) is 12.1 Å². The molecule has 0 aliphatic heterocycles. The Morgan fingerprint density at radius 1 is 1.36 bits per heavy atom. The van der Waals surface area contributed by atoms with E-state index in [-0.39, 0.29) is 5.41 Å². The van der Waals surface area contributed by atoms with Crippen molar-refractivity contribution in [2.45, 2.75) is 32.1 Å². The van der Waals surface area contributed by atoms with Gasteiger partial charge in [-0.1, -0.05) is 31.2 Å². The third kappa shape index (κ3) is 1.23. The minimum Gasteiger partial charge on any atom is -0.197 e. The first-order chi connectivity index (χ1) is 6.68. The van der Waals surface area contributed by atoms with Crippen LogP contribution in [0, 0.1) is 24.2 Å². The normalized spacial score (nSPS) is 30.5. The molecule has 0 spiro atoms. The number of hydrogen-bond acceptors (Lipinski definition) is 1. The fourth-order valence-corrected chi connectivity index (χ4v) is 2.61. The third-order valence-electron chi connectivity index (χ3n) is 3.27. The standard InChI is InChI=1S/C13H15N/c1-10-7-13(8-10,9-14)12-6-4-3-5-11(12)2/h3-6,10H,7-8H2,1-2H3. The van der Waals surface area contributed by atoms with Crippen molar-refractivity contribution in [3.63, 3.8) is 0 Å². The van der Waals surface area contributed by atoms with Gasteiger partial charge in [-0.15, -0.1) is 0 Å². The highest BCUT2D eigenvalue weighted by Gasteiger charge is 2.44. The molecular formula is C13H15N. The summed E-state index contributed by atoms with van der Waals surface area (Å²) < 4.78 is 0. The van der Waals surface area contributed by atoms with Crippen LogP contribution in [-0.4, -0.2) is 0 Å². The highest BCUT2D eigenvalue weighted by molar-refractivity contribution is 5.41. The first-order valence-corrected chi connectivity index (χ1v) is 5.15. The maximum atomic E-state index is 9.28. The molecule has 1 aliphatic carbocycles. The number of nitrogens with zero attached hydrogens (tertiary/aromatic N) is 1. The van der Waals surface area contributed by atoms with Crippen molar-refractivity contribution in [1.29, 1.82) is 5.26 Å². The average molecular weight is 185 g/mol. The molecule has 0 atom stereocenters. The Hall–Kier alpha value is -1.29. The highest BCUT2D eigenvalue weighted by Crippen LogP contribution is 2.47. The van der Waals surface area contributed by atoms with Crippen molar-refractivity contribution in [3.8, 4) is 6.07 Å². The van der Waals surface area contributed by atoms with Crippen LogP contribution < -0.4 is 0 Å². The number of benzene rings is 1. The van der Waals surface area contributed by atoms with Crippen LogP contribution in [0.5, 0.6) is 0 Å².